The van der Waals surface area contributed by atoms with Crippen molar-refractivity contribution in [3.05, 3.63) is 53.9 Å². The number of likely N-dealkylation sites (tertiary alicyclic amines) is 1. The second-order valence-electron chi connectivity index (χ2n) is 6.33. The van der Waals surface area contributed by atoms with Crippen LogP contribution in [0.25, 0.3) is 0 Å². The number of guanidine groups is 1. The first-order chi connectivity index (χ1) is 12.4. The maximum Gasteiger partial charge on any atom is 0.191 e. The highest BCUT2D eigenvalue weighted by molar-refractivity contribution is 14.0. The smallest absolute Gasteiger partial charge is 0.191 e. The second kappa shape index (κ2) is 11.2. The van der Waals surface area contributed by atoms with E-state index in [2.05, 4.69) is 68.0 Å². The van der Waals surface area contributed by atoms with E-state index in [4.69, 9.17) is 0 Å². The third-order valence-electron chi connectivity index (χ3n) is 4.54. The van der Waals surface area contributed by atoms with Gasteiger partial charge in [-0.1, -0.05) is 30.3 Å². The predicted molar refractivity (Wildman–Crippen MR) is 117 cm³/mol. The SMILES string of the molecule is CCNC(=NCc1ccn[nH]1)NCC(c1ccccc1)N1CCCC1.I. The Kier molecular flexibility index (Phi) is 8.90. The van der Waals surface area contributed by atoms with E-state index in [0.29, 0.717) is 12.6 Å². The van der Waals surface area contributed by atoms with Crippen molar-refractivity contribution in [1.82, 2.24) is 25.7 Å². The second-order valence-corrected chi connectivity index (χ2v) is 6.33. The third-order valence-corrected chi connectivity index (χ3v) is 4.54. The standard InChI is InChI=1S/C19H28N6.HI/c1-2-20-19(21-14-17-10-11-23-24-17)22-15-18(25-12-6-7-13-25)16-8-4-3-5-9-16;/h3-5,8-11,18H,2,6-7,12-15H2,1H3,(H,23,24)(H2,20,21,22);1H. The number of hydrogen-bond acceptors (Lipinski definition) is 3. The average molecular weight is 468 g/mol. The van der Waals surface area contributed by atoms with Gasteiger partial charge in [-0.05, 0) is 44.5 Å². The molecule has 1 atom stereocenters. The monoisotopic (exact) mass is 468 g/mol. The number of halogens is 1. The van der Waals surface area contributed by atoms with E-state index >= 15 is 0 Å². The Morgan fingerprint density at radius 1 is 1.19 bits per heavy atom. The Balaban J connectivity index is 0.00000243. The Bertz CT molecular complexity index is 637. The van der Waals surface area contributed by atoms with Crippen LogP contribution in [0.3, 0.4) is 0 Å². The van der Waals surface area contributed by atoms with Crippen LogP contribution in [-0.4, -0.2) is 47.2 Å². The first-order valence-electron chi connectivity index (χ1n) is 9.16. The summed E-state index contributed by atoms with van der Waals surface area (Å²) in [4.78, 5) is 7.22. The van der Waals surface area contributed by atoms with Crippen molar-refractivity contribution in [2.45, 2.75) is 32.4 Å². The van der Waals surface area contributed by atoms with Crippen molar-refractivity contribution in [3.8, 4) is 0 Å². The van der Waals surface area contributed by atoms with Crippen LogP contribution >= 0.6 is 24.0 Å². The Morgan fingerprint density at radius 3 is 2.62 bits per heavy atom. The summed E-state index contributed by atoms with van der Waals surface area (Å²) >= 11 is 0. The molecule has 0 saturated carbocycles. The van der Waals surface area contributed by atoms with E-state index in [9.17, 15) is 0 Å². The highest BCUT2D eigenvalue weighted by Gasteiger charge is 2.23. The van der Waals surface area contributed by atoms with E-state index in [0.717, 1.165) is 24.7 Å². The number of H-pyrrole nitrogens is 1. The first kappa shape index (κ1) is 20.7. The maximum absolute atomic E-state index is 4.65. The number of nitrogens with zero attached hydrogens (tertiary/aromatic N) is 3. The summed E-state index contributed by atoms with van der Waals surface area (Å²) in [6, 6.07) is 13.1. The zero-order chi connectivity index (χ0) is 17.3. The molecule has 1 aliphatic rings. The van der Waals surface area contributed by atoms with E-state index in [1.54, 1.807) is 6.20 Å². The lowest BCUT2D eigenvalue weighted by molar-refractivity contribution is 0.245. The van der Waals surface area contributed by atoms with Gasteiger partial charge in [-0.25, -0.2) is 4.99 Å². The highest BCUT2D eigenvalue weighted by atomic mass is 127. The summed E-state index contributed by atoms with van der Waals surface area (Å²) < 4.78 is 0. The van der Waals surface area contributed by atoms with Gasteiger partial charge < -0.3 is 10.6 Å². The topological polar surface area (TPSA) is 68.3 Å². The lowest BCUT2D eigenvalue weighted by Crippen LogP contribution is -2.42. The summed E-state index contributed by atoms with van der Waals surface area (Å²) in [5, 5.41) is 13.8. The molecule has 0 radical (unpaired) electrons. The van der Waals surface area contributed by atoms with Crippen LogP contribution in [0.5, 0.6) is 0 Å². The molecule has 26 heavy (non-hydrogen) atoms. The van der Waals surface area contributed by atoms with Crippen LogP contribution < -0.4 is 10.6 Å². The molecule has 2 heterocycles. The number of hydrogen-bond donors (Lipinski definition) is 3. The maximum atomic E-state index is 4.65. The van der Waals surface area contributed by atoms with Gasteiger partial charge in [0.2, 0.25) is 0 Å². The van der Waals surface area contributed by atoms with E-state index in [-0.39, 0.29) is 24.0 Å². The van der Waals surface area contributed by atoms with E-state index in [1.807, 2.05) is 6.07 Å². The highest BCUT2D eigenvalue weighted by Crippen LogP contribution is 2.24. The first-order valence-corrected chi connectivity index (χ1v) is 9.16. The number of aromatic amines is 1. The van der Waals surface area contributed by atoms with Gasteiger partial charge in [-0.2, -0.15) is 5.10 Å². The lowest BCUT2D eigenvalue weighted by atomic mass is 10.1. The van der Waals surface area contributed by atoms with E-state index in [1.165, 1.54) is 31.5 Å². The van der Waals surface area contributed by atoms with Gasteiger partial charge >= 0.3 is 0 Å². The normalized spacial score (nSPS) is 16.1. The Labute approximate surface area is 172 Å². The molecule has 1 fully saturated rings. The number of nitrogens with one attached hydrogen (secondary N) is 3. The van der Waals surface area contributed by atoms with Gasteiger partial charge in [0.25, 0.3) is 0 Å². The minimum atomic E-state index is 0. The number of aliphatic imine (C=N–C) groups is 1. The van der Waals surface area contributed by atoms with Crippen LogP contribution in [-0.2, 0) is 6.54 Å². The van der Waals surface area contributed by atoms with Gasteiger partial charge in [-0.3, -0.25) is 10.00 Å². The quantitative estimate of drug-likeness (QED) is 0.332. The largest absolute Gasteiger partial charge is 0.357 e. The third kappa shape index (κ3) is 5.98. The summed E-state index contributed by atoms with van der Waals surface area (Å²) in [6.07, 6.45) is 4.33. The fraction of sp³-hybridized carbons (Fsp3) is 0.474. The van der Waals surface area contributed by atoms with Gasteiger partial charge in [0, 0.05) is 19.3 Å². The van der Waals surface area contributed by atoms with Crippen LogP contribution in [0.2, 0.25) is 0 Å². The van der Waals surface area contributed by atoms with Crippen LogP contribution in [0.1, 0.15) is 37.1 Å². The molecule has 1 aromatic carbocycles. The molecule has 142 valence electrons. The van der Waals surface area contributed by atoms with Crippen molar-refractivity contribution >= 4 is 29.9 Å². The molecule has 0 spiro atoms. The molecular weight excluding hydrogens is 439 g/mol. The molecule has 1 aromatic heterocycles. The minimum absolute atomic E-state index is 0. The van der Waals surface area contributed by atoms with Crippen LogP contribution in [0.15, 0.2) is 47.6 Å². The molecule has 3 rings (SSSR count). The zero-order valence-electron chi connectivity index (χ0n) is 15.3. The van der Waals surface area contributed by atoms with Crippen LogP contribution in [0, 0.1) is 0 Å². The molecule has 1 unspecified atom stereocenters. The predicted octanol–water partition coefficient (Wildman–Crippen LogP) is 2.92. The molecular formula is C19H29IN6. The van der Waals surface area contributed by atoms with Gasteiger partial charge in [0.05, 0.1) is 18.3 Å². The summed E-state index contributed by atoms with van der Waals surface area (Å²) in [5.74, 6) is 0.845. The molecule has 1 saturated heterocycles. The Hall–Kier alpha value is -1.61. The van der Waals surface area contributed by atoms with Crippen molar-refractivity contribution in [2.75, 3.05) is 26.2 Å². The average Bonchev–Trinajstić information content (AvgIpc) is 3.35. The fourth-order valence-electron chi connectivity index (χ4n) is 3.26. The van der Waals surface area contributed by atoms with Gasteiger partial charge in [0.1, 0.15) is 0 Å². The lowest BCUT2D eigenvalue weighted by Gasteiger charge is -2.29. The molecule has 2 aromatic rings. The van der Waals surface area contributed by atoms with Crippen molar-refractivity contribution in [3.63, 3.8) is 0 Å². The molecule has 6 nitrogen and oxygen atoms in total. The van der Waals surface area contributed by atoms with E-state index < -0.39 is 0 Å². The number of rotatable bonds is 7. The van der Waals surface area contributed by atoms with Crippen molar-refractivity contribution < 1.29 is 0 Å². The summed E-state index contributed by atoms with van der Waals surface area (Å²) in [5.41, 5.74) is 2.37. The zero-order valence-corrected chi connectivity index (χ0v) is 17.6. The van der Waals surface area contributed by atoms with Crippen LogP contribution in [0.4, 0.5) is 0 Å². The molecule has 0 aliphatic carbocycles. The Morgan fingerprint density at radius 2 is 1.96 bits per heavy atom. The van der Waals surface area contributed by atoms with Gasteiger partial charge in [0.15, 0.2) is 5.96 Å². The summed E-state index contributed by atoms with van der Waals surface area (Å²) in [6.45, 7) is 6.71. The number of benzene rings is 1. The molecule has 7 heteroatoms. The van der Waals surface area contributed by atoms with Crippen molar-refractivity contribution in [2.24, 2.45) is 4.99 Å². The van der Waals surface area contributed by atoms with Gasteiger partial charge in [-0.15, -0.1) is 24.0 Å². The summed E-state index contributed by atoms with van der Waals surface area (Å²) in [7, 11) is 0. The number of aromatic nitrogens is 2. The molecule has 0 bridgehead atoms. The molecule has 3 N–H and O–H groups in total. The fourth-order valence-corrected chi connectivity index (χ4v) is 3.26. The van der Waals surface area contributed by atoms with Crippen molar-refractivity contribution in [1.29, 1.82) is 0 Å². The minimum Gasteiger partial charge on any atom is -0.357 e. The molecule has 0 amide bonds. The molecule has 1 aliphatic heterocycles.